The van der Waals surface area contributed by atoms with Gasteiger partial charge in [0.1, 0.15) is 0 Å². The predicted octanol–water partition coefficient (Wildman–Crippen LogP) is 3.08. The molecular formula is C16H24N2O. The fraction of sp³-hybridized carbons (Fsp3) is 0.562. The van der Waals surface area contributed by atoms with Crippen molar-refractivity contribution in [2.24, 2.45) is 0 Å². The van der Waals surface area contributed by atoms with E-state index in [4.69, 9.17) is 0 Å². The molecule has 1 aromatic carbocycles. The van der Waals surface area contributed by atoms with E-state index >= 15 is 0 Å². The van der Waals surface area contributed by atoms with Gasteiger partial charge in [-0.3, -0.25) is 4.79 Å². The Kier molecular flexibility index (Phi) is 4.59. The van der Waals surface area contributed by atoms with Gasteiger partial charge in [-0.1, -0.05) is 12.5 Å². The van der Waals surface area contributed by atoms with E-state index < -0.39 is 0 Å². The van der Waals surface area contributed by atoms with Gasteiger partial charge in [0.2, 0.25) is 5.91 Å². The number of anilines is 1. The topological polar surface area (TPSA) is 41.1 Å². The number of nitrogens with one attached hydrogen (secondary N) is 2. The molecule has 0 aliphatic carbocycles. The quantitative estimate of drug-likeness (QED) is 0.877. The highest BCUT2D eigenvalue weighted by molar-refractivity contribution is 5.92. The first kappa shape index (κ1) is 14.1. The number of hydrogen-bond acceptors (Lipinski definition) is 2. The van der Waals surface area contributed by atoms with Crippen molar-refractivity contribution in [3.63, 3.8) is 0 Å². The lowest BCUT2D eigenvalue weighted by atomic mass is 10.0. The molecule has 1 aliphatic heterocycles. The summed E-state index contributed by atoms with van der Waals surface area (Å²) >= 11 is 0. The molecule has 1 saturated heterocycles. The van der Waals surface area contributed by atoms with E-state index in [2.05, 4.69) is 37.5 Å². The third-order valence-corrected chi connectivity index (χ3v) is 4.18. The molecule has 2 rings (SSSR count). The fourth-order valence-corrected chi connectivity index (χ4v) is 2.61. The van der Waals surface area contributed by atoms with Crippen LogP contribution in [0, 0.1) is 20.8 Å². The van der Waals surface area contributed by atoms with Crippen molar-refractivity contribution >= 4 is 11.6 Å². The third kappa shape index (κ3) is 3.57. The number of amides is 1. The van der Waals surface area contributed by atoms with Gasteiger partial charge in [-0.15, -0.1) is 0 Å². The smallest absolute Gasteiger partial charge is 0.225 e. The molecule has 3 heteroatoms. The van der Waals surface area contributed by atoms with Crippen molar-refractivity contribution in [1.82, 2.24) is 5.32 Å². The van der Waals surface area contributed by atoms with E-state index in [9.17, 15) is 4.79 Å². The number of carbonyl (C=O) groups is 1. The lowest BCUT2D eigenvalue weighted by Crippen LogP contribution is -2.37. The Hall–Kier alpha value is -1.35. The fourth-order valence-electron chi connectivity index (χ4n) is 2.61. The lowest BCUT2D eigenvalue weighted by Gasteiger charge is -2.23. The van der Waals surface area contributed by atoms with E-state index in [1.807, 2.05) is 6.07 Å². The van der Waals surface area contributed by atoms with Gasteiger partial charge in [0.15, 0.2) is 0 Å². The van der Waals surface area contributed by atoms with Gasteiger partial charge >= 0.3 is 0 Å². The maximum absolute atomic E-state index is 12.1. The zero-order valence-electron chi connectivity index (χ0n) is 12.2. The molecule has 1 aliphatic rings. The summed E-state index contributed by atoms with van der Waals surface area (Å²) < 4.78 is 0. The van der Waals surface area contributed by atoms with Gasteiger partial charge < -0.3 is 10.6 Å². The maximum Gasteiger partial charge on any atom is 0.225 e. The first-order valence-corrected chi connectivity index (χ1v) is 7.18. The average Bonchev–Trinajstić information content (AvgIpc) is 2.41. The summed E-state index contributed by atoms with van der Waals surface area (Å²) in [6.45, 7) is 7.31. The SMILES string of the molecule is Cc1ccc(NC(=O)CC2CCCCN2)c(C)c1C. The number of carbonyl (C=O) groups excluding carboxylic acids is 1. The summed E-state index contributed by atoms with van der Waals surface area (Å²) in [5.41, 5.74) is 4.65. The van der Waals surface area contributed by atoms with Gasteiger partial charge in [-0.25, -0.2) is 0 Å². The van der Waals surface area contributed by atoms with Crippen molar-refractivity contribution < 1.29 is 4.79 Å². The number of hydrogen-bond donors (Lipinski definition) is 2. The van der Waals surface area contributed by atoms with E-state index in [0.29, 0.717) is 12.5 Å². The molecule has 0 saturated carbocycles. The van der Waals surface area contributed by atoms with Crippen molar-refractivity contribution in [2.75, 3.05) is 11.9 Å². The molecule has 19 heavy (non-hydrogen) atoms. The van der Waals surface area contributed by atoms with Gasteiger partial charge in [-0.05, 0) is 62.9 Å². The molecule has 1 aromatic rings. The molecule has 104 valence electrons. The monoisotopic (exact) mass is 260 g/mol. The van der Waals surface area contributed by atoms with E-state index in [1.165, 1.54) is 29.5 Å². The van der Waals surface area contributed by atoms with Crippen LogP contribution in [0.1, 0.15) is 42.4 Å². The molecule has 1 fully saturated rings. The second-order valence-electron chi connectivity index (χ2n) is 5.58. The minimum absolute atomic E-state index is 0.116. The Balaban J connectivity index is 1.97. The van der Waals surface area contributed by atoms with Crippen LogP contribution in [0.25, 0.3) is 0 Å². The van der Waals surface area contributed by atoms with Crippen LogP contribution in [0.4, 0.5) is 5.69 Å². The van der Waals surface area contributed by atoms with Crippen LogP contribution in [-0.4, -0.2) is 18.5 Å². The summed E-state index contributed by atoms with van der Waals surface area (Å²) in [5, 5.41) is 6.46. The first-order valence-electron chi connectivity index (χ1n) is 7.18. The highest BCUT2D eigenvalue weighted by Gasteiger charge is 2.17. The number of aryl methyl sites for hydroxylation is 1. The summed E-state index contributed by atoms with van der Waals surface area (Å²) in [7, 11) is 0. The van der Waals surface area contributed by atoms with Crippen molar-refractivity contribution in [2.45, 2.75) is 52.5 Å². The van der Waals surface area contributed by atoms with Crippen LogP contribution in [0.2, 0.25) is 0 Å². The van der Waals surface area contributed by atoms with Crippen LogP contribution in [-0.2, 0) is 4.79 Å². The van der Waals surface area contributed by atoms with Crippen molar-refractivity contribution in [3.8, 4) is 0 Å². The molecule has 3 nitrogen and oxygen atoms in total. The molecule has 1 unspecified atom stereocenters. The Labute approximate surface area is 115 Å². The highest BCUT2D eigenvalue weighted by Crippen LogP contribution is 2.22. The van der Waals surface area contributed by atoms with Crippen LogP contribution in [0.15, 0.2) is 12.1 Å². The Morgan fingerprint density at radius 3 is 2.74 bits per heavy atom. The molecular weight excluding hydrogens is 236 g/mol. The molecule has 2 N–H and O–H groups in total. The maximum atomic E-state index is 12.1. The second-order valence-corrected chi connectivity index (χ2v) is 5.58. The van der Waals surface area contributed by atoms with E-state index in [-0.39, 0.29) is 5.91 Å². The highest BCUT2D eigenvalue weighted by atomic mass is 16.1. The minimum atomic E-state index is 0.116. The van der Waals surface area contributed by atoms with Crippen LogP contribution < -0.4 is 10.6 Å². The Morgan fingerprint density at radius 1 is 1.26 bits per heavy atom. The van der Waals surface area contributed by atoms with Gasteiger partial charge in [0.05, 0.1) is 0 Å². The number of benzene rings is 1. The van der Waals surface area contributed by atoms with E-state index in [0.717, 1.165) is 18.7 Å². The molecule has 0 bridgehead atoms. The minimum Gasteiger partial charge on any atom is -0.326 e. The molecule has 0 spiro atoms. The molecule has 1 amide bonds. The zero-order chi connectivity index (χ0) is 13.8. The first-order chi connectivity index (χ1) is 9.08. The van der Waals surface area contributed by atoms with Crippen molar-refractivity contribution in [1.29, 1.82) is 0 Å². The average molecular weight is 260 g/mol. The summed E-state index contributed by atoms with van der Waals surface area (Å²) in [4.78, 5) is 12.1. The number of piperidine rings is 1. The van der Waals surface area contributed by atoms with Gasteiger partial charge in [0, 0.05) is 18.2 Å². The largest absolute Gasteiger partial charge is 0.326 e. The second kappa shape index (κ2) is 6.20. The Bertz CT molecular complexity index is 462. The standard InChI is InChI=1S/C16H24N2O/c1-11-7-8-15(13(3)12(11)2)18-16(19)10-14-6-4-5-9-17-14/h7-8,14,17H,4-6,9-10H2,1-3H3,(H,18,19). The van der Waals surface area contributed by atoms with Crippen LogP contribution in [0.3, 0.4) is 0 Å². The van der Waals surface area contributed by atoms with Gasteiger partial charge in [0.25, 0.3) is 0 Å². The molecule has 1 heterocycles. The Morgan fingerprint density at radius 2 is 2.05 bits per heavy atom. The molecule has 0 aromatic heterocycles. The summed E-state index contributed by atoms with van der Waals surface area (Å²) in [5.74, 6) is 0.116. The third-order valence-electron chi connectivity index (χ3n) is 4.18. The summed E-state index contributed by atoms with van der Waals surface area (Å²) in [6.07, 6.45) is 4.15. The zero-order valence-corrected chi connectivity index (χ0v) is 12.2. The van der Waals surface area contributed by atoms with Gasteiger partial charge in [-0.2, -0.15) is 0 Å². The normalized spacial score (nSPS) is 19.2. The predicted molar refractivity (Wildman–Crippen MR) is 79.5 cm³/mol. The molecule has 0 radical (unpaired) electrons. The van der Waals surface area contributed by atoms with Crippen molar-refractivity contribution in [3.05, 3.63) is 28.8 Å². The lowest BCUT2D eigenvalue weighted by molar-refractivity contribution is -0.116. The molecule has 1 atom stereocenters. The summed E-state index contributed by atoms with van der Waals surface area (Å²) in [6, 6.07) is 4.42. The van der Waals surface area contributed by atoms with Crippen LogP contribution >= 0.6 is 0 Å². The number of rotatable bonds is 3. The van der Waals surface area contributed by atoms with Crippen LogP contribution in [0.5, 0.6) is 0 Å². The van der Waals surface area contributed by atoms with E-state index in [1.54, 1.807) is 0 Å².